The number of nitrogens with zero attached hydrogens (tertiary/aromatic N) is 2. The minimum atomic E-state index is -1.02. The number of aliphatic carboxylic acids is 1. The van der Waals surface area contributed by atoms with Gasteiger partial charge in [0.15, 0.2) is 0 Å². The zero-order chi connectivity index (χ0) is 15.4. The highest BCUT2D eigenvalue weighted by molar-refractivity contribution is 5.69. The first kappa shape index (κ1) is 15.2. The quantitative estimate of drug-likeness (QED) is 0.635. The topological polar surface area (TPSA) is 110 Å². The van der Waals surface area contributed by atoms with Crippen molar-refractivity contribution >= 4 is 17.3 Å². The van der Waals surface area contributed by atoms with Gasteiger partial charge in [0.2, 0.25) is 0 Å². The molecule has 0 amide bonds. The smallest absolute Gasteiger partial charge is 0.305 e. The van der Waals surface area contributed by atoms with E-state index in [9.17, 15) is 14.9 Å². The maximum absolute atomic E-state index is 11.3. The van der Waals surface area contributed by atoms with E-state index in [-0.39, 0.29) is 12.1 Å². The van der Waals surface area contributed by atoms with E-state index in [2.05, 4.69) is 0 Å². The highest BCUT2D eigenvalue weighted by atomic mass is 16.6. The molecule has 1 aromatic rings. The summed E-state index contributed by atoms with van der Waals surface area (Å²) in [7, 11) is 0. The van der Waals surface area contributed by atoms with Gasteiger partial charge in [-0.2, -0.15) is 0 Å². The van der Waals surface area contributed by atoms with E-state index in [4.69, 9.17) is 10.8 Å². The van der Waals surface area contributed by atoms with Gasteiger partial charge < -0.3 is 15.7 Å². The van der Waals surface area contributed by atoms with Crippen molar-refractivity contribution in [2.75, 3.05) is 18.0 Å². The van der Waals surface area contributed by atoms with Crippen LogP contribution < -0.4 is 10.6 Å². The van der Waals surface area contributed by atoms with Crippen LogP contribution in [-0.2, 0) is 4.79 Å². The van der Waals surface area contributed by atoms with Gasteiger partial charge >= 0.3 is 5.97 Å². The van der Waals surface area contributed by atoms with Crippen LogP contribution in [0, 0.1) is 10.1 Å². The lowest BCUT2D eigenvalue weighted by molar-refractivity contribution is -0.384. The number of anilines is 1. The van der Waals surface area contributed by atoms with Crippen LogP contribution in [0.15, 0.2) is 18.2 Å². The van der Waals surface area contributed by atoms with Gasteiger partial charge in [0, 0.05) is 25.2 Å². The SMILES string of the molecule is NC(CC(=O)O)c1ccc(N2CCCCC2)c([N+](=O)[O-])c1. The lowest BCUT2D eigenvalue weighted by Crippen LogP contribution is -2.30. The van der Waals surface area contributed by atoms with E-state index in [1.165, 1.54) is 6.07 Å². The Balaban J connectivity index is 2.30. The number of piperidine rings is 1. The molecular weight excluding hydrogens is 274 g/mol. The molecule has 0 spiro atoms. The molecule has 1 aliphatic heterocycles. The Labute approximate surface area is 122 Å². The number of nitro benzene ring substituents is 1. The average Bonchev–Trinajstić information content (AvgIpc) is 2.46. The third-order valence-corrected chi connectivity index (χ3v) is 3.72. The van der Waals surface area contributed by atoms with Crippen molar-refractivity contribution in [1.29, 1.82) is 0 Å². The zero-order valence-corrected chi connectivity index (χ0v) is 11.7. The van der Waals surface area contributed by atoms with E-state index in [0.717, 1.165) is 32.4 Å². The van der Waals surface area contributed by atoms with E-state index in [1.807, 2.05) is 4.90 Å². The van der Waals surface area contributed by atoms with Crippen molar-refractivity contribution in [3.63, 3.8) is 0 Å². The van der Waals surface area contributed by atoms with Crippen LogP contribution in [-0.4, -0.2) is 29.1 Å². The van der Waals surface area contributed by atoms with Crippen LogP contribution in [0.25, 0.3) is 0 Å². The Hall–Kier alpha value is -2.15. The zero-order valence-electron chi connectivity index (χ0n) is 11.7. The van der Waals surface area contributed by atoms with E-state index >= 15 is 0 Å². The number of carbonyl (C=O) groups is 1. The van der Waals surface area contributed by atoms with Crippen molar-refractivity contribution in [1.82, 2.24) is 0 Å². The molecule has 114 valence electrons. The molecule has 1 fully saturated rings. The molecule has 1 heterocycles. The molecule has 1 atom stereocenters. The minimum Gasteiger partial charge on any atom is -0.481 e. The van der Waals surface area contributed by atoms with Crippen molar-refractivity contribution < 1.29 is 14.8 Å². The summed E-state index contributed by atoms with van der Waals surface area (Å²) in [4.78, 5) is 23.6. The van der Waals surface area contributed by atoms with Gasteiger partial charge in [-0.3, -0.25) is 14.9 Å². The molecule has 21 heavy (non-hydrogen) atoms. The molecule has 3 N–H and O–H groups in total. The lowest BCUT2D eigenvalue weighted by atomic mass is 10.0. The number of rotatable bonds is 5. The van der Waals surface area contributed by atoms with Crippen molar-refractivity contribution in [2.45, 2.75) is 31.7 Å². The summed E-state index contributed by atoms with van der Waals surface area (Å²) in [6.07, 6.45) is 2.95. The van der Waals surface area contributed by atoms with Crippen molar-refractivity contribution in [3.8, 4) is 0 Å². The molecule has 7 heteroatoms. The Bertz CT molecular complexity index is 541. The second-order valence-corrected chi connectivity index (χ2v) is 5.26. The minimum absolute atomic E-state index is 0.00441. The number of carboxylic acid groups (broad SMARTS) is 1. The number of carboxylic acids is 1. The number of benzene rings is 1. The molecule has 0 radical (unpaired) electrons. The average molecular weight is 293 g/mol. The van der Waals surface area contributed by atoms with Crippen molar-refractivity contribution in [2.24, 2.45) is 5.73 Å². The Morgan fingerprint density at radius 2 is 2.05 bits per heavy atom. The molecule has 7 nitrogen and oxygen atoms in total. The predicted octanol–water partition coefficient (Wildman–Crippen LogP) is 2.06. The number of hydrogen-bond donors (Lipinski definition) is 2. The van der Waals surface area contributed by atoms with Crippen LogP contribution in [0.1, 0.15) is 37.3 Å². The maximum atomic E-state index is 11.3. The van der Waals surface area contributed by atoms with Gasteiger partial charge in [0.05, 0.1) is 11.3 Å². The lowest BCUT2D eigenvalue weighted by Gasteiger charge is -2.28. The Morgan fingerprint density at radius 3 is 2.62 bits per heavy atom. The van der Waals surface area contributed by atoms with E-state index in [0.29, 0.717) is 11.3 Å². The fraction of sp³-hybridized carbons (Fsp3) is 0.500. The standard InChI is InChI=1S/C14H19N3O4/c15-11(9-14(18)19)10-4-5-12(13(8-10)17(20)21)16-6-2-1-3-7-16/h4-5,8,11H,1-3,6-7,9,15H2,(H,18,19). The summed E-state index contributed by atoms with van der Waals surface area (Å²) < 4.78 is 0. The molecule has 1 unspecified atom stereocenters. The van der Waals surface area contributed by atoms with Crippen LogP contribution in [0.5, 0.6) is 0 Å². The first-order valence-electron chi connectivity index (χ1n) is 6.99. The monoisotopic (exact) mass is 293 g/mol. The predicted molar refractivity (Wildman–Crippen MR) is 78.3 cm³/mol. The number of nitrogens with two attached hydrogens (primary N) is 1. The van der Waals surface area contributed by atoms with E-state index < -0.39 is 16.9 Å². The first-order chi connectivity index (χ1) is 9.99. The molecule has 0 bridgehead atoms. The second kappa shape index (κ2) is 6.53. The van der Waals surface area contributed by atoms with Gasteiger partial charge in [-0.1, -0.05) is 6.07 Å². The number of hydrogen-bond acceptors (Lipinski definition) is 5. The molecule has 1 aromatic carbocycles. The van der Waals surface area contributed by atoms with Crippen LogP contribution in [0.4, 0.5) is 11.4 Å². The van der Waals surface area contributed by atoms with Gasteiger partial charge in [-0.25, -0.2) is 0 Å². The third-order valence-electron chi connectivity index (χ3n) is 3.72. The summed E-state index contributed by atoms with van der Waals surface area (Å²) in [6.45, 7) is 1.61. The van der Waals surface area contributed by atoms with Crippen molar-refractivity contribution in [3.05, 3.63) is 33.9 Å². The fourth-order valence-corrected chi connectivity index (χ4v) is 2.63. The largest absolute Gasteiger partial charge is 0.481 e. The summed E-state index contributed by atoms with van der Waals surface area (Å²) in [5, 5.41) is 20.0. The summed E-state index contributed by atoms with van der Waals surface area (Å²) in [6, 6.07) is 4.03. The molecule has 0 aliphatic carbocycles. The van der Waals surface area contributed by atoms with Gasteiger partial charge in [-0.05, 0) is 30.9 Å². The second-order valence-electron chi connectivity index (χ2n) is 5.26. The Morgan fingerprint density at radius 1 is 1.38 bits per heavy atom. The van der Waals surface area contributed by atoms with Gasteiger partial charge in [0.25, 0.3) is 5.69 Å². The highest BCUT2D eigenvalue weighted by Gasteiger charge is 2.23. The summed E-state index contributed by atoms with van der Waals surface area (Å²) in [5.74, 6) is -1.02. The van der Waals surface area contributed by atoms with Crippen LogP contribution >= 0.6 is 0 Å². The van der Waals surface area contributed by atoms with Gasteiger partial charge in [0.1, 0.15) is 5.69 Å². The first-order valence-corrected chi connectivity index (χ1v) is 6.99. The fourth-order valence-electron chi connectivity index (χ4n) is 2.63. The molecule has 0 aromatic heterocycles. The number of nitro groups is 1. The van der Waals surface area contributed by atoms with Crippen LogP contribution in [0.2, 0.25) is 0 Å². The molecule has 1 saturated heterocycles. The Kier molecular flexibility index (Phi) is 4.74. The molecule has 0 saturated carbocycles. The molecular formula is C14H19N3O4. The molecule has 1 aliphatic rings. The summed E-state index contributed by atoms with van der Waals surface area (Å²) in [5.41, 5.74) is 6.84. The van der Waals surface area contributed by atoms with Gasteiger partial charge in [-0.15, -0.1) is 0 Å². The normalized spacial score (nSPS) is 16.5. The summed E-state index contributed by atoms with van der Waals surface area (Å²) >= 11 is 0. The molecule has 2 rings (SSSR count). The maximum Gasteiger partial charge on any atom is 0.305 e. The van der Waals surface area contributed by atoms with E-state index in [1.54, 1.807) is 12.1 Å². The highest BCUT2D eigenvalue weighted by Crippen LogP contribution is 2.33. The third kappa shape index (κ3) is 3.69. The van der Waals surface area contributed by atoms with Crippen LogP contribution in [0.3, 0.4) is 0 Å².